The number of nitrogens with one attached hydrogen (secondary N) is 1. The predicted molar refractivity (Wildman–Crippen MR) is 105 cm³/mol. The third-order valence-corrected chi connectivity index (χ3v) is 4.56. The topological polar surface area (TPSA) is 107 Å². The number of furan rings is 1. The van der Waals surface area contributed by atoms with Crippen LogP contribution in [0, 0.1) is 0 Å². The van der Waals surface area contributed by atoms with Gasteiger partial charge in [-0.25, -0.2) is 9.78 Å². The zero-order chi connectivity index (χ0) is 20.3. The maximum atomic E-state index is 12.1. The Bertz CT molecular complexity index is 930. The number of ether oxygens (including phenoxy) is 2. The van der Waals surface area contributed by atoms with Crippen molar-refractivity contribution in [3.8, 4) is 17.2 Å². The predicted octanol–water partition coefficient (Wildman–Crippen LogP) is 4.24. The number of carbonyl (C=O) groups excluding carboxylic acids is 1. The molecule has 0 saturated carbocycles. The molecule has 0 aromatic carbocycles. The van der Waals surface area contributed by atoms with Gasteiger partial charge < -0.3 is 19.0 Å². The van der Waals surface area contributed by atoms with Crippen molar-refractivity contribution in [2.75, 3.05) is 12.4 Å². The third kappa shape index (κ3) is 4.68. The minimum atomic E-state index is -1.06. The Labute approximate surface area is 166 Å². The zero-order valence-corrected chi connectivity index (χ0v) is 16.7. The number of amides is 1. The molecule has 9 heteroatoms. The van der Waals surface area contributed by atoms with Gasteiger partial charge in [-0.1, -0.05) is 11.3 Å². The number of methoxy groups -OCH3 is 1. The molecule has 1 amide bonds. The molecule has 3 rings (SSSR count). The fraction of sp³-hybridized carbons (Fsp3) is 0.316. The number of nitrogens with zero attached hydrogens (tertiary/aromatic N) is 2. The monoisotopic (exact) mass is 403 g/mol. The Morgan fingerprint density at radius 1 is 1.32 bits per heavy atom. The van der Waals surface area contributed by atoms with Crippen LogP contribution in [-0.4, -0.2) is 33.9 Å². The molecule has 0 aliphatic carbocycles. The first-order valence-corrected chi connectivity index (χ1v) is 9.31. The summed E-state index contributed by atoms with van der Waals surface area (Å²) in [5.41, 5.74) is 0.202. The first-order chi connectivity index (χ1) is 13.3. The molecule has 0 radical (unpaired) electrons. The molecule has 0 aliphatic heterocycles. The van der Waals surface area contributed by atoms with Crippen LogP contribution in [0.5, 0.6) is 5.75 Å². The van der Waals surface area contributed by atoms with E-state index in [1.54, 1.807) is 52.1 Å². The largest absolute Gasteiger partial charge is 0.495 e. The lowest BCUT2D eigenvalue weighted by Gasteiger charge is -2.18. The lowest BCUT2D eigenvalue weighted by Crippen LogP contribution is -2.27. The van der Waals surface area contributed by atoms with Gasteiger partial charge in [-0.15, -0.1) is 0 Å². The average Bonchev–Trinajstić information content (AvgIpc) is 3.29. The van der Waals surface area contributed by atoms with Crippen molar-refractivity contribution in [1.82, 2.24) is 9.97 Å². The van der Waals surface area contributed by atoms with Crippen LogP contribution in [0.2, 0.25) is 0 Å². The Balaban J connectivity index is 1.92. The van der Waals surface area contributed by atoms with Crippen LogP contribution in [0.3, 0.4) is 0 Å². The SMILES string of the molecule is COc1ccc(C(O)c2sc(NC(=O)OC(C)(C)C)nc2-c2ccco2)nc1. The van der Waals surface area contributed by atoms with E-state index in [1.165, 1.54) is 12.5 Å². The first-order valence-electron chi connectivity index (χ1n) is 8.49. The van der Waals surface area contributed by atoms with E-state index >= 15 is 0 Å². The first kappa shape index (κ1) is 19.8. The molecule has 8 nitrogen and oxygen atoms in total. The molecule has 148 valence electrons. The minimum absolute atomic E-state index is 0.281. The molecule has 0 fully saturated rings. The summed E-state index contributed by atoms with van der Waals surface area (Å²) in [6.07, 6.45) is 1.34. The molecular weight excluding hydrogens is 382 g/mol. The number of anilines is 1. The number of pyridine rings is 1. The summed E-state index contributed by atoms with van der Waals surface area (Å²) in [7, 11) is 1.54. The summed E-state index contributed by atoms with van der Waals surface area (Å²) < 4.78 is 15.8. The smallest absolute Gasteiger partial charge is 0.413 e. The molecule has 0 saturated heterocycles. The van der Waals surface area contributed by atoms with Gasteiger partial charge in [0.25, 0.3) is 0 Å². The Hall–Kier alpha value is -2.91. The minimum Gasteiger partial charge on any atom is -0.495 e. The summed E-state index contributed by atoms with van der Waals surface area (Å²) in [6.45, 7) is 5.31. The summed E-state index contributed by atoms with van der Waals surface area (Å²) >= 11 is 1.12. The van der Waals surface area contributed by atoms with E-state index in [4.69, 9.17) is 13.9 Å². The van der Waals surface area contributed by atoms with Gasteiger partial charge in [-0.2, -0.15) is 0 Å². The lowest BCUT2D eigenvalue weighted by molar-refractivity contribution is 0.0636. The van der Waals surface area contributed by atoms with Crippen LogP contribution >= 0.6 is 11.3 Å². The number of hydrogen-bond acceptors (Lipinski definition) is 8. The van der Waals surface area contributed by atoms with Crippen molar-refractivity contribution in [3.05, 3.63) is 47.3 Å². The fourth-order valence-corrected chi connectivity index (χ4v) is 3.31. The highest BCUT2D eigenvalue weighted by Gasteiger charge is 2.25. The van der Waals surface area contributed by atoms with Gasteiger partial charge in [-0.05, 0) is 45.0 Å². The van der Waals surface area contributed by atoms with Gasteiger partial charge in [0.2, 0.25) is 0 Å². The van der Waals surface area contributed by atoms with E-state index in [2.05, 4.69) is 15.3 Å². The molecule has 3 aromatic heterocycles. The normalized spacial score (nSPS) is 12.5. The van der Waals surface area contributed by atoms with Crippen LogP contribution in [0.15, 0.2) is 41.1 Å². The second-order valence-corrected chi connectivity index (χ2v) is 7.89. The maximum Gasteiger partial charge on any atom is 0.413 e. The highest BCUT2D eigenvalue weighted by atomic mass is 32.1. The number of carbonyl (C=O) groups is 1. The summed E-state index contributed by atoms with van der Waals surface area (Å²) in [5, 5.41) is 13.7. The van der Waals surface area contributed by atoms with Crippen molar-refractivity contribution in [2.24, 2.45) is 0 Å². The number of aliphatic hydroxyl groups is 1. The van der Waals surface area contributed by atoms with Crippen molar-refractivity contribution < 1.29 is 23.8 Å². The van der Waals surface area contributed by atoms with Crippen LogP contribution in [0.25, 0.3) is 11.5 Å². The van der Waals surface area contributed by atoms with Gasteiger partial charge in [0.05, 0.1) is 30.1 Å². The van der Waals surface area contributed by atoms with E-state index in [1.807, 2.05) is 0 Å². The van der Waals surface area contributed by atoms with Gasteiger partial charge in [0.1, 0.15) is 23.1 Å². The van der Waals surface area contributed by atoms with E-state index in [0.29, 0.717) is 27.8 Å². The molecule has 0 aliphatic rings. The molecule has 1 unspecified atom stereocenters. The summed E-state index contributed by atoms with van der Waals surface area (Å²) in [4.78, 5) is 21.2. The van der Waals surface area contributed by atoms with Crippen molar-refractivity contribution in [3.63, 3.8) is 0 Å². The number of rotatable bonds is 5. The lowest BCUT2D eigenvalue weighted by atomic mass is 10.1. The van der Waals surface area contributed by atoms with Crippen molar-refractivity contribution >= 4 is 22.6 Å². The fourth-order valence-electron chi connectivity index (χ4n) is 2.36. The van der Waals surface area contributed by atoms with Crippen molar-refractivity contribution in [2.45, 2.75) is 32.5 Å². The highest BCUT2D eigenvalue weighted by Crippen LogP contribution is 2.38. The molecular formula is C19H21N3O5S. The Morgan fingerprint density at radius 2 is 2.11 bits per heavy atom. The second-order valence-electron chi connectivity index (χ2n) is 6.86. The van der Waals surface area contributed by atoms with Crippen LogP contribution in [-0.2, 0) is 4.74 Å². The van der Waals surface area contributed by atoms with Gasteiger partial charge in [0.15, 0.2) is 10.9 Å². The number of thiazole rings is 1. The zero-order valence-electron chi connectivity index (χ0n) is 15.9. The van der Waals surface area contributed by atoms with E-state index < -0.39 is 17.8 Å². The Morgan fingerprint density at radius 3 is 2.68 bits per heavy atom. The quantitative estimate of drug-likeness (QED) is 0.656. The van der Waals surface area contributed by atoms with Crippen LogP contribution < -0.4 is 10.1 Å². The van der Waals surface area contributed by atoms with E-state index in [-0.39, 0.29) is 5.13 Å². The molecule has 0 bridgehead atoms. The highest BCUT2D eigenvalue weighted by molar-refractivity contribution is 7.16. The number of aliphatic hydroxyl groups excluding tert-OH is 1. The molecule has 0 spiro atoms. The van der Waals surface area contributed by atoms with Crippen LogP contribution in [0.4, 0.5) is 9.93 Å². The molecule has 3 aromatic rings. The van der Waals surface area contributed by atoms with Crippen molar-refractivity contribution in [1.29, 1.82) is 0 Å². The molecule has 3 heterocycles. The van der Waals surface area contributed by atoms with E-state index in [0.717, 1.165) is 11.3 Å². The Kier molecular flexibility index (Phi) is 5.66. The summed E-state index contributed by atoms with van der Waals surface area (Å²) in [5.74, 6) is 1.05. The third-order valence-electron chi connectivity index (χ3n) is 3.54. The van der Waals surface area contributed by atoms with Gasteiger partial charge >= 0.3 is 6.09 Å². The standard InChI is InChI=1S/C19H21N3O5S/c1-19(2,3)27-18(24)22-17-21-14(13-6-5-9-26-13)16(28-17)15(23)12-8-7-11(25-4)10-20-12/h5-10,15,23H,1-4H3,(H,21,22,24). The molecule has 28 heavy (non-hydrogen) atoms. The maximum absolute atomic E-state index is 12.1. The number of hydrogen-bond donors (Lipinski definition) is 2. The number of aromatic nitrogens is 2. The molecule has 2 N–H and O–H groups in total. The second kappa shape index (κ2) is 7.99. The van der Waals surface area contributed by atoms with E-state index in [9.17, 15) is 9.90 Å². The van der Waals surface area contributed by atoms with Crippen LogP contribution in [0.1, 0.15) is 37.4 Å². The van der Waals surface area contributed by atoms with Gasteiger partial charge in [0, 0.05) is 0 Å². The molecule has 1 atom stereocenters. The summed E-state index contributed by atoms with van der Waals surface area (Å²) in [6, 6.07) is 6.82. The van der Waals surface area contributed by atoms with Gasteiger partial charge in [-0.3, -0.25) is 10.3 Å². The average molecular weight is 403 g/mol.